The Morgan fingerprint density at radius 2 is 1.64 bits per heavy atom. The molecule has 0 saturated heterocycles. The lowest BCUT2D eigenvalue weighted by atomic mass is 10.2. The van der Waals surface area contributed by atoms with Crippen molar-refractivity contribution in [1.82, 2.24) is 4.83 Å². The standard InChI is InChI=1S/C22H21IN2O6S2/c1-3-30-21-14-17(15-24-25-32(26,27)18-11-9-16(2)10-12-18)13-20(23)22(21)31-33(28,29)19-7-5-4-6-8-19/h4-15,25H,3H2,1-2H3/b24-15-. The van der Waals surface area contributed by atoms with Gasteiger partial charge in [-0.05, 0) is 78.4 Å². The Morgan fingerprint density at radius 1 is 0.970 bits per heavy atom. The predicted molar refractivity (Wildman–Crippen MR) is 134 cm³/mol. The Balaban J connectivity index is 1.85. The Hall–Kier alpha value is -2.64. The quantitative estimate of drug-likeness (QED) is 0.172. The van der Waals surface area contributed by atoms with E-state index in [2.05, 4.69) is 9.93 Å². The lowest BCUT2D eigenvalue weighted by Gasteiger charge is -2.14. The van der Waals surface area contributed by atoms with Crippen molar-refractivity contribution >= 4 is 48.9 Å². The molecule has 0 aromatic heterocycles. The number of hydrogen-bond donors (Lipinski definition) is 1. The zero-order valence-electron chi connectivity index (χ0n) is 17.7. The lowest BCUT2D eigenvalue weighted by molar-refractivity contribution is 0.327. The largest absolute Gasteiger partial charge is 0.490 e. The Labute approximate surface area is 207 Å². The minimum absolute atomic E-state index is 0.0133. The third kappa shape index (κ3) is 6.45. The maximum Gasteiger partial charge on any atom is 0.339 e. The summed E-state index contributed by atoms with van der Waals surface area (Å²) in [5.41, 5.74) is 1.42. The van der Waals surface area contributed by atoms with Crippen LogP contribution in [0.2, 0.25) is 0 Å². The van der Waals surface area contributed by atoms with E-state index in [1.165, 1.54) is 36.5 Å². The zero-order chi connectivity index (χ0) is 24.1. The molecule has 0 radical (unpaired) electrons. The molecule has 0 fully saturated rings. The van der Waals surface area contributed by atoms with E-state index in [4.69, 9.17) is 8.92 Å². The van der Waals surface area contributed by atoms with Crippen LogP contribution in [0.25, 0.3) is 0 Å². The molecule has 0 aliphatic carbocycles. The van der Waals surface area contributed by atoms with Crippen molar-refractivity contribution in [3.8, 4) is 11.5 Å². The van der Waals surface area contributed by atoms with Crippen molar-refractivity contribution in [3.63, 3.8) is 0 Å². The van der Waals surface area contributed by atoms with Crippen LogP contribution < -0.4 is 13.8 Å². The van der Waals surface area contributed by atoms with Crippen LogP contribution >= 0.6 is 22.6 Å². The number of benzene rings is 3. The highest BCUT2D eigenvalue weighted by molar-refractivity contribution is 14.1. The molecular formula is C22H21IN2O6S2. The molecule has 3 aromatic rings. The smallest absolute Gasteiger partial charge is 0.339 e. The van der Waals surface area contributed by atoms with E-state index in [9.17, 15) is 16.8 Å². The van der Waals surface area contributed by atoms with Gasteiger partial charge in [-0.25, -0.2) is 4.83 Å². The topological polar surface area (TPSA) is 111 Å². The molecule has 174 valence electrons. The van der Waals surface area contributed by atoms with Gasteiger partial charge in [0.15, 0.2) is 11.5 Å². The van der Waals surface area contributed by atoms with Gasteiger partial charge >= 0.3 is 10.1 Å². The predicted octanol–water partition coefficient (Wildman–Crippen LogP) is 4.08. The number of sulfonamides is 1. The average Bonchev–Trinajstić information content (AvgIpc) is 2.77. The van der Waals surface area contributed by atoms with Gasteiger partial charge in [-0.15, -0.1) is 0 Å². The molecule has 0 saturated carbocycles. The summed E-state index contributed by atoms with van der Waals surface area (Å²) in [7, 11) is -7.90. The Kier molecular flexibility index (Phi) is 7.97. The maximum atomic E-state index is 12.6. The number of aryl methyl sites for hydroxylation is 1. The fourth-order valence-corrected chi connectivity index (χ4v) is 5.35. The molecule has 3 rings (SSSR count). The number of hydrogen-bond acceptors (Lipinski definition) is 7. The lowest BCUT2D eigenvalue weighted by Crippen LogP contribution is -2.18. The van der Waals surface area contributed by atoms with Gasteiger partial charge in [0.25, 0.3) is 10.0 Å². The van der Waals surface area contributed by atoms with Crippen LogP contribution in [0.3, 0.4) is 0 Å². The van der Waals surface area contributed by atoms with Gasteiger partial charge in [-0.1, -0.05) is 35.9 Å². The molecule has 1 N–H and O–H groups in total. The molecule has 0 aliphatic rings. The van der Waals surface area contributed by atoms with Crippen LogP contribution in [0, 0.1) is 10.5 Å². The van der Waals surface area contributed by atoms with Gasteiger partial charge in [0.1, 0.15) is 4.90 Å². The second kappa shape index (κ2) is 10.5. The van der Waals surface area contributed by atoms with E-state index in [-0.39, 0.29) is 27.9 Å². The summed E-state index contributed by atoms with van der Waals surface area (Å²) < 4.78 is 61.4. The fourth-order valence-electron chi connectivity index (χ4n) is 2.69. The van der Waals surface area contributed by atoms with Crippen LogP contribution in [-0.2, 0) is 20.1 Å². The molecule has 11 heteroatoms. The van der Waals surface area contributed by atoms with E-state index in [1.807, 2.05) is 29.5 Å². The summed E-state index contributed by atoms with van der Waals surface area (Å²) in [4.78, 5) is 2.26. The number of nitrogens with one attached hydrogen (secondary N) is 1. The van der Waals surface area contributed by atoms with Crippen molar-refractivity contribution < 1.29 is 25.8 Å². The minimum atomic E-state index is -4.07. The van der Waals surface area contributed by atoms with E-state index in [0.717, 1.165) is 5.56 Å². The second-order valence-electron chi connectivity index (χ2n) is 6.78. The zero-order valence-corrected chi connectivity index (χ0v) is 21.5. The number of hydrazone groups is 1. The number of ether oxygens (including phenoxy) is 1. The highest BCUT2D eigenvalue weighted by Crippen LogP contribution is 2.36. The molecule has 33 heavy (non-hydrogen) atoms. The SMILES string of the molecule is CCOc1cc(/C=N\NS(=O)(=O)c2ccc(C)cc2)cc(I)c1OS(=O)(=O)c1ccccc1. The summed E-state index contributed by atoms with van der Waals surface area (Å²) in [6.07, 6.45) is 1.30. The summed E-state index contributed by atoms with van der Waals surface area (Å²) in [5.74, 6) is 0.227. The van der Waals surface area contributed by atoms with E-state index < -0.39 is 20.1 Å². The molecule has 0 spiro atoms. The Bertz CT molecular complexity index is 1360. The summed E-state index contributed by atoms with van der Waals surface area (Å²) in [5, 5.41) is 3.83. The van der Waals surface area contributed by atoms with Gasteiger partial charge in [0, 0.05) is 0 Å². The van der Waals surface area contributed by atoms with E-state index in [1.54, 1.807) is 43.3 Å². The third-order valence-corrected chi connectivity index (χ3v) is 7.55. The normalized spacial score (nSPS) is 12.0. The number of nitrogens with zero attached hydrogens (tertiary/aromatic N) is 1. The van der Waals surface area contributed by atoms with Crippen molar-refractivity contribution in [1.29, 1.82) is 0 Å². The van der Waals surface area contributed by atoms with Gasteiger partial charge in [-0.2, -0.15) is 21.9 Å². The van der Waals surface area contributed by atoms with Gasteiger partial charge in [-0.3, -0.25) is 0 Å². The fraction of sp³-hybridized carbons (Fsp3) is 0.136. The molecule has 0 unspecified atom stereocenters. The van der Waals surface area contributed by atoms with Crippen LogP contribution in [0.1, 0.15) is 18.1 Å². The summed E-state index contributed by atoms with van der Waals surface area (Å²) in [6, 6.07) is 17.3. The van der Waals surface area contributed by atoms with Gasteiger partial charge in [0.2, 0.25) is 0 Å². The van der Waals surface area contributed by atoms with Crippen molar-refractivity contribution in [3.05, 3.63) is 81.4 Å². The molecular weight excluding hydrogens is 579 g/mol. The van der Waals surface area contributed by atoms with Crippen LogP contribution in [0.15, 0.2) is 81.6 Å². The molecule has 3 aromatic carbocycles. The first kappa shape index (κ1) is 25.0. The molecule has 0 bridgehead atoms. The van der Waals surface area contributed by atoms with Crippen molar-refractivity contribution in [2.24, 2.45) is 5.10 Å². The summed E-state index contributed by atoms with van der Waals surface area (Å²) >= 11 is 1.92. The van der Waals surface area contributed by atoms with Gasteiger partial charge in [0.05, 0.1) is 21.3 Å². The molecule has 0 amide bonds. The monoisotopic (exact) mass is 600 g/mol. The van der Waals surface area contributed by atoms with Crippen LogP contribution in [-0.4, -0.2) is 29.7 Å². The molecule has 0 aliphatic heterocycles. The van der Waals surface area contributed by atoms with E-state index in [0.29, 0.717) is 9.13 Å². The molecule has 0 heterocycles. The third-order valence-electron chi connectivity index (χ3n) is 4.27. The minimum Gasteiger partial charge on any atom is -0.490 e. The second-order valence-corrected chi connectivity index (χ2v) is 11.1. The van der Waals surface area contributed by atoms with Crippen molar-refractivity contribution in [2.45, 2.75) is 23.6 Å². The molecule has 8 nitrogen and oxygen atoms in total. The van der Waals surface area contributed by atoms with Crippen LogP contribution in [0.4, 0.5) is 0 Å². The highest BCUT2D eigenvalue weighted by Gasteiger charge is 2.22. The Morgan fingerprint density at radius 3 is 2.27 bits per heavy atom. The maximum absolute atomic E-state index is 12.6. The average molecular weight is 600 g/mol. The first-order valence-corrected chi connectivity index (χ1v) is 13.7. The summed E-state index contributed by atoms with van der Waals surface area (Å²) in [6.45, 7) is 3.87. The van der Waals surface area contributed by atoms with Gasteiger partial charge < -0.3 is 8.92 Å². The van der Waals surface area contributed by atoms with Crippen molar-refractivity contribution in [2.75, 3.05) is 6.61 Å². The van der Waals surface area contributed by atoms with Crippen LogP contribution in [0.5, 0.6) is 11.5 Å². The number of rotatable bonds is 9. The number of halogens is 1. The van der Waals surface area contributed by atoms with E-state index >= 15 is 0 Å². The molecule has 0 atom stereocenters. The highest BCUT2D eigenvalue weighted by atomic mass is 127. The first-order valence-electron chi connectivity index (χ1n) is 9.70. The first-order chi connectivity index (χ1) is 15.6.